The Morgan fingerprint density at radius 1 is 1.00 bits per heavy atom. The Labute approximate surface area is 129 Å². The zero-order valence-electron chi connectivity index (χ0n) is 12.3. The third-order valence-corrected chi connectivity index (χ3v) is 3.50. The van der Waals surface area contributed by atoms with E-state index >= 15 is 0 Å². The third-order valence-electron chi connectivity index (χ3n) is 3.50. The van der Waals surface area contributed by atoms with Crippen molar-refractivity contribution >= 4 is 0 Å². The van der Waals surface area contributed by atoms with E-state index in [1.54, 1.807) is 0 Å². The number of H-pyrrole nitrogens is 1. The van der Waals surface area contributed by atoms with Crippen molar-refractivity contribution in [2.75, 3.05) is 6.61 Å². The molecule has 1 aromatic heterocycles. The lowest BCUT2D eigenvalue weighted by molar-refractivity contribution is 0.323. The molecule has 0 saturated heterocycles. The van der Waals surface area contributed by atoms with E-state index in [-0.39, 0.29) is 0 Å². The summed E-state index contributed by atoms with van der Waals surface area (Å²) >= 11 is 0. The number of hydrogen-bond donors (Lipinski definition) is 2. The van der Waals surface area contributed by atoms with E-state index in [0.717, 1.165) is 29.1 Å². The lowest BCUT2D eigenvalue weighted by Gasteiger charge is -2.10. The molecule has 4 heteroatoms. The SMILES string of the molecule is NCc1cc(-c2ccccc2OCCc2ccccc2)n[nH]1. The Morgan fingerprint density at radius 3 is 2.55 bits per heavy atom. The Balaban J connectivity index is 1.71. The van der Waals surface area contributed by atoms with Gasteiger partial charge in [-0.2, -0.15) is 5.10 Å². The Morgan fingerprint density at radius 2 is 1.77 bits per heavy atom. The van der Waals surface area contributed by atoms with Gasteiger partial charge in [-0.1, -0.05) is 42.5 Å². The number of nitrogens with zero attached hydrogens (tertiary/aromatic N) is 1. The topological polar surface area (TPSA) is 63.9 Å². The van der Waals surface area contributed by atoms with Crippen LogP contribution < -0.4 is 10.5 Å². The second kappa shape index (κ2) is 6.91. The van der Waals surface area contributed by atoms with Crippen LogP contribution in [0, 0.1) is 0 Å². The summed E-state index contributed by atoms with van der Waals surface area (Å²) in [7, 11) is 0. The first-order chi connectivity index (χ1) is 10.9. The van der Waals surface area contributed by atoms with Gasteiger partial charge in [0, 0.05) is 24.2 Å². The van der Waals surface area contributed by atoms with Crippen LogP contribution in [0.1, 0.15) is 11.3 Å². The molecule has 112 valence electrons. The summed E-state index contributed by atoms with van der Waals surface area (Å²) in [6.45, 7) is 1.08. The molecule has 2 aromatic carbocycles. The Bertz CT molecular complexity index is 722. The molecule has 0 bridgehead atoms. The van der Waals surface area contributed by atoms with Crippen LogP contribution in [-0.4, -0.2) is 16.8 Å². The summed E-state index contributed by atoms with van der Waals surface area (Å²) in [5, 5.41) is 7.23. The molecule has 0 aliphatic heterocycles. The van der Waals surface area contributed by atoms with Crippen LogP contribution in [0.2, 0.25) is 0 Å². The quantitative estimate of drug-likeness (QED) is 0.734. The minimum Gasteiger partial charge on any atom is -0.493 e. The molecule has 0 radical (unpaired) electrons. The number of para-hydroxylation sites is 1. The van der Waals surface area contributed by atoms with Crippen LogP contribution in [0.5, 0.6) is 5.75 Å². The van der Waals surface area contributed by atoms with Gasteiger partial charge in [-0.25, -0.2) is 0 Å². The fraction of sp³-hybridized carbons (Fsp3) is 0.167. The van der Waals surface area contributed by atoms with Crippen molar-refractivity contribution in [3.05, 3.63) is 71.9 Å². The maximum absolute atomic E-state index is 5.95. The second-order valence-electron chi connectivity index (χ2n) is 5.06. The highest BCUT2D eigenvalue weighted by molar-refractivity contribution is 5.67. The number of hydrogen-bond acceptors (Lipinski definition) is 3. The fourth-order valence-electron chi connectivity index (χ4n) is 2.33. The molecule has 0 aliphatic rings. The zero-order valence-corrected chi connectivity index (χ0v) is 12.3. The normalized spacial score (nSPS) is 10.6. The molecule has 0 unspecified atom stereocenters. The lowest BCUT2D eigenvalue weighted by atomic mass is 10.1. The van der Waals surface area contributed by atoms with Crippen molar-refractivity contribution in [2.24, 2.45) is 5.73 Å². The van der Waals surface area contributed by atoms with E-state index in [9.17, 15) is 0 Å². The number of rotatable bonds is 6. The monoisotopic (exact) mass is 293 g/mol. The molecule has 1 heterocycles. The average molecular weight is 293 g/mol. The summed E-state index contributed by atoms with van der Waals surface area (Å²) in [5.74, 6) is 0.841. The highest BCUT2D eigenvalue weighted by atomic mass is 16.5. The van der Waals surface area contributed by atoms with Crippen LogP contribution in [0.15, 0.2) is 60.7 Å². The highest BCUT2D eigenvalue weighted by Crippen LogP contribution is 2.28. The van der Waals surface area contributed by atoms with Gasteiger partial charge >= 0.3 is 0 Å². The van der Waals surface area contributed by atoms with Crippen molar-refractivity contribution in [2.45, 2.75) is 13.0 Å². The maximum atomic E-state index is 5.95. The number of aromatic nitrogens is 2. The van der Waals surface area contributed by atoms with Crippen molar-refractivity contribution in [1.29, 1.82) is 0 Å². The number of nitrogens with two attached hydrogens (primary N) is 1. The standard InChI is InChI=1S/C18H19N3O/c19-13-15-12-17(21-20-15)16-8-4-5-9-18(16)22-11-10-14-6-2-1-3-7-14/h1-9,12H,10-11,13,19H2,(H,20,21). The Hall–Kier alpha value is -2.59. The molecule has 22 heavy (non-hydrogen) atoms. The summed E-state index contributed by atoms with van der Waals surface area (Å²) in [5.41, 5.74) is 9.64. The van der Waals surface area contributed by atoms with E-state index < -0.39 is 0 Å². The predicted molar refractivity (Wildman–Crippen MR) is 87.6 cm³/mol. The van der Waals surface area contributed by atoms with E-state index in [1.807, 2.05) is 48.5 Å². The molecule has 0 saturated carbocycles. The number of nitrogens with one attached hydrogen (secondary N) is 1. The molecule has 0 fully saturated rings. The van der Waals surface area contributed by atoms with Crippen molar-refractivity contribution in [1.82, 2.24) is 10.2 Å². The summed E-state index contributed by atoms with van der Waals surface area (Å²) in [4.78, 5) is 0. The molecule has 0 amide bonds. The first-order valence-electron chi connectivity index (χ1n) is 7.37. The van der Waals surface area contributed by atoms with Gasteiger partial charge in [0.2, 0.25) is 0 Å². The van der Waals surface area contributed by atoms with Crippen molar-refractivity contribution < 1.29 is 4.74 Å². The van der Waals surface area contributed by atoms with E-state index in [1.165, 1.54) is 5.56 Å². The first kappa shape index (κ1) is 14.4. The molecular weight excluding hydrogens is 274 g/mol. The van der Waals surface area contributed by atoms with Crippen molar-refractivity contribution in [3.8, 4) is 17.0 Å². The van der Waals surface area contributed by atoms with Gasteiger partial charge in [0.15, 0.2) is 0 Å². The summed E-state index contributed by atoms with van der Waals surface area (Å²) in [6.07, 6.45) is 0.879. The maximum Gasteiger partial charge on any atom is 0.128 e. The van der Waals surface area contributed by atoms with Crippen LogP contribution >= 0.6 is 0 Å². The molecule has 0 atom stereocenters. The molecule has 0 aliphatic carbocycles. The number of benzene rings is 2. The van der Waals surface area contributed by atoms with Gasteiger partial charge in [0.05, 0.1) is 12.3 Å². The van der Waals surface area contributed by atoms with E-state index in [0.29, 0.717) is 13.2 Å². The van der Waals surface area contributed by atoms with Gasteiger partial charge in [-0.05, 0) is 23.8 Å². The van der Waals surface area contributed by atoms with Gasteiger partial charge < -0.3 is 10.5 Å². The van der Waals surface area contributed by atoms with Gasteiger partial charge in [-0.15, -0.1) is 0 Å². The lowest BCUT2D eigenvalue weighted by Crippen LogP contribution is -2.02. The Kier molecular flexibility index (Phi) is 4.51. The van der Waals surface area contributed by atoms with Crippen molar-refractivity contribution in [3.63, 3.8) is 0 Å². The average Bonchev–Trinajstić information content (AvgIpc) is 3.05. The van der Waals surface area contributed by atoms with Crippen LogP contribution in [0.25, 0.3) is 11.3 Å². The number of ether oxygens (including phenoxy) is 1. The van der Waals surface area contributed by atoms with Gasteiger partial charge in [-0.3, -0.25) is 5.10 Å². The zero-order chi connectivity index (χ0) is 15.2. The van der Waals surface area contributed by atoms with Crippen LogP contribution in [0.4, 0.5) is 0 Å². The molecule has 0 spiro atoms. The van der Waals surface area contributed by atoms with Crippen LogP contribution in [0.3, 0.4) is 0 Å². The molecule has 3 N–H and O–H groups in total. The summed E-state index contributed by atoms with van der Waals surface area (Å²) < 4.78 is 5.95. The highest BCUT2D eigenvalue weighted by Gasteiger charge is 2.09. The summed E-state index contributed by atoms with van der Waals surface area (Å²) in [6, 6.07) is 20.2. The van der Waals surface area contributed by atoms with E-state index in [4.69, 9.17) is 10.5 Å². The molecule has 3 aromatic rings. The molecule has 3 rings (SSSR count). The smallest absolute Gasteiger partial charge is 0.128 e. The first-order valence-corrected chi connectivity index (χ1v) is 7.37. The van der Waals surface area contributed by atoms with Crippen LogP contribution in [-0.2, 0) is 13.0 Å². The second-order valence-corrected chi connectivity index (χ2v) is 5.06. The van der Waals surface area contributed by atoms with Gasteiger partial charge in [0.25, 0.3) is 0 Å². The van der Waals surface area contributed by atoms with Gasteiger partial charge in [0.1, 0.15) is 5.75 Å². The fourth-order valence-corrected chi connectivity index (χ4v) is 2.33. The largest absolute Gasteiger partial charge is 0.493 e. The molecule has 4 nitrogen and oxygen atoms in total. The third kappa shape index (κ3) is 3.35. The minimum atomic E-state index is 0.448. The predicted octanol–water partition coefficient (Wildman–Crippen LogP) is 3.16. The number of aromatic amines is 1. The van der Waals surface area contributed by atoms with E-state index in [2.05, 4.69) is 22.3 Å². The minimum absolute atomic E-state index is 0.448. The molecular formula is C18H19N3O.